The molecule has 0 aliphatic rings. The molecule has 7 nitrogen and oxygen atoms in total. The Hall–Kier alpha value is -1.58. The van der Waals surface area contributed by atoms with Crippen LogP contribution >= 0.6 is 0 Å². The third kappa shape index (κ3) is 6.33. The van der Waals surface area contributed by atoms with E-state index in [9.17, 15) is 17.8 Å². The number of benzene rings is 2. The number of azo groups is 1. The molecular formula is C16H15N2NaO5S. The predicted molar refractivity (Wildman–Crippen MR) is 85.7 cm³/mol. The van der Waals surface area contributed by atoms with Gasteiger partial charge in [0.05, 0.1) is 10.6 Å². The maximum absolute atomic E-state index is 11.2. The van der Waals surface area contributed by atoms with Crippen molar-refractivity contribution in [2.75, 3.05) is 0 Å². The van der Waals surface area contributed by atoms with Crippen molar-refractivity contribution in [1.82, 2.24) is 0 Å². The molecule has 0 radical (unpaired) electrons. The van der Waals surface area contributed by atoms with Gasteiger partial charge in [-0.25, -0.2) is 8.42 Å². The Morgan fingerprint density at radius 3 is 2.28 bits per heavy atom. The van der Waals surface area contributed by atoms with E-state index in [0.29, 0.717) is 17.1 Å². The normalized spacial score (nSPS) is 11.2. The van der Waals surface area contributed by atoms with Crippen molar-refractivity contribution in [2.45, 2.75) is 25.2 Å². The molecule has 0 aromatic heterocycles. The molecule has 25 heavy (non-hydrogen) atoms. The number of hydrogen-bond acceptors (Lipinski definition) is 7. The second kappa shape index (κ2) is 9.21. The molecule has 0 spiro atoms. The Morgan fingerprint density at radius 2 is 1.76 bits per heavy atom. The summed E-state index contributed by atoms with van der Waals surface area (Å²) < 4.78 is 37.7. The number of nitrogens with zero attached hydrogens (tertiary/aromatic N) is 2. The van der Waals surface area contributed by atoms with Gasteiger partial charge in [-0.05, 0) is 48.4 Å². The summed E-state index contributed by atoms with van der Waals surface area (Å²) >= 11 is 0. The molecule has 0 atom stereocenters. The van der Waals surface area contributed by atoms with E-state index in [1.807, 2.05) is 13.0 Å². The van der Waals surface area contributed by atoms with Crippen molar-refractivity contribution >= 4 is 27.5 Å². The smallest absolute Gasteiger partial charge is 0.744 e. The van der Waals surface area contributed by atoms with Crippen molar-refractivity contribution in [1.29, 1.82) is 0 Å². The van der Waals surface area contributed by atoms with E-state index in [-0.39, 0.29) is 34.5 Å². The molecule has 0 bridgehead atoms. The number of carbonyl (C=O) groups excluding carboxylic acids is 1. The molecule has 0 saturated heterocycles. The molecule has 0 N–H and O–H groups in total. The number of esters is 1. The Labute approximate surface area is 168 Å². The first kappa shape index (κ1) is 21.5. The monoisotopic (exact) mass is 370 g/mol. The van der Waals surface area contributed by atoms with Gasteiger partial charge in [0.2, 0.25) is 0 Å². The number of ether oxygens (including phenoxy) is 1. The van der Waals surface area contributed by atoms with Crippen molar-refractivity contribution in [2.24, 2.45) is 10.2 Å². The molecular weight excluding hydrogens is 355 g/mol. The average molecular weight is 370 g/mol. The third-order valence-corrected chi connectivity index (χ3v) is 3.93. The standard InChI is InChI=1S/C16H16N2O5S.Na/c1-3-12-4-9-15(16(10-12)23-11(2)19)18-17-13-5-7-14(8-6-13)24(20,21)22;/h4-10H,3H2,1-2H3,(H,20,21,22);/q;+1/p-1. The maximum atomic E-state index is 11.2. The molecule has 2 aromatic carbocycles. The zero-order valence-corrected chi connectivity index (χ0v) is 16.9. The molecule has 126 valence electrons. The quantitative estimate of drug-likeness (QED) is 0.250. The number of hydrogen-bond donors (Lipinski definition) is 0. The molecule has 0 fully saturated rings. The van der Waals surface area contributed by atoms with E-state index < -0.39 is 16.1 Å². The van der Waals surface area contributed by atoms with Crippen LogP contribution in [0.3, 0.4) is 0 Å². The summed E-state index contributed by atoms with van der Waals surface area (Å²) in [4.78, 5) is 10.9. The van der Waals surface area contributed by atoms with Gasteiger partial charge in [-0.3, -0.25) is 4.79 Å². The van der Waals surface area contributed by atoms with Crippen LogP contribution in [-0.2, 0) is 21.3 Å². The summed E-state index contributed by atoms with van der Waals surface area (Å²) in [6.45, 7) is 3.27. The zero-order chi connectivity index (χ0) is 17.7. The SMILES string of the molecule is CCc1ccc(N=Nc2ccc(S(=O)(=O)[O-])cc2)c(OC(C)=O)c1.[Na+]. The van der Waals surface area contributed by atoms with Crippen molar-refractivity contribution in [3.63, 3.8) is 0 Å². The van der Waals surface area contributed by atoms with Crippen LogP contribution in [0, 0.1) is 0 Å². The van der Waals surface area contributed by atoms with E-state index >= 15 is 0 Å². The van der Waals surface area contributed by atoms with Crippen molar-refractivity contribution < 1.29 is 52.1 Å². The van der Waals surface area contributed by atoms with Gasteiger partial charge in [-0.15, -0.1) is 5.11 Å². The molecule has 2 rings (SSSR count). The van der Waals surface area contributed by atoms with Gasteiger partial charge < -0.3 is 9.29 Å². The number of carbonyl (C=O) groups is 1. The van der Waals surface area contributed by atoms with E-state index in [0.717, 1.165) is 24.1 Å². The summed E-state index contributed by atoms with van der Waals surface area (Å²) in [6, 6.07) is 10.3. The molecule has 0 amide bonds. The molecule has 2 aromatic rings. The van der Waals surface area contributed by atoms with E-state index in [1.54, 1.807) is 12.1 Å². The van der Waals surface area contributed by atoms with E-state index in [4.69, 9.17) is 4.74 Å². The Balaban J connectivity index is 0.00000312. The Kier molecular flexibility index (Phi) is 7.91. The molecule has 0 aliphatic carbocycles. The molecule has 0 unspecified atom stereocenters. The minimum atomic E-state index is -4.49. The number of aryl methyl sites for hydroxylation is 1. The number of rotatable bonds is 5. The van der Waals surface area contributed by atoms with Crippen LogP contribution in [0.15, 0.2) is 57.6 Å². The Bertz CT molecular complexity index is 880. The third-order valence-electron chi connectivity index (χ3n) is 3.08. The summed E-state index contributed by atoms with van der Waals surface area (Å²) in [5.41, 5.74) is 1.70. The van der Waals surface area contributed by atoms with Crippen LogP contribution in [0.4, 0.5) is 11.4 Å². The van der Waals surface area contributed by atoms with Crippen molar-refractivity contribution in [3.05, 3.63) is 48.0 Å². The van der Waals surface area contributed by atoms with Crippen LogP contribution < -0.4 is 34.3 Å². The van der Waals surface area contributed by atoms with Crippen LogP contribution in [0.5, 0.6) is 5.75 Å². The first-order chi connectivity index (χ1) is 11.3. The summed E-state index contributed by atoms with van der Waals surface area (Å²) in [6.07, 6.45) is 0.775. The van der Waals surface area contributed by atoms with Crippen molar-refractivity contribution in [3.8, 4) is 5.75 Å². The van der Waals surface area contributed by atoms with Crippen LogP contribution in [-0.4, -0.2) is 18.9 Å². The molecule has 9 heteroatoms. The second-order valence-corrected chi connectivity index (χ2v) is 6.28. The summed E-state index contributed by atoms with van der Waals surface area (Å²) in [5, 5.41) is 7.98. The average Bonchev–Trinajstić information content (AvgIpc) is 2.52. The minimum absolute atomic E-state index is 0. The fraction of sp³-hybridized carbons (Fsp3) is 0.188. The van der Waals surface area contributed by atoms with Gasteiger partial charge in [0.1, 0.15) is 15.8 Å². The van der Waals surface area contributed by atoms with Gasteiger partial charge >= 0.3 is 35.5 Å². The largest absolute Gasteiger partial charge is 1.00 e. The first-order valence-electron chi connectivity index (χ1n) is 7.08. The first-order valence-corrected chi connectivity index (χ1v) is 8.49. The fourth-order valence-corrected chi connectivity index (χ4v) is 2.36. The predicted octanol–water partition coefficient (Wildman–Crippen LogP) is 0.498. The van der Waals surface area contributed by atoms with Gasteiger partial charge in [0.15, 0.2) is 5.75 Å². The Morgan fingerprint density at radius 1 is 1.12 bits per heavy atom. The van der Waals surface area contributed by atoms with Gasteiger partial charge in [-0.1, -0.05) is 13.0 Å². The van der Waals surface area contributed by atoms with Crippen LogP contribution in [0.2, 0.25) is 0 Å². The summed E-state index contributed by atoms with van der Waals surface area (Å²) in [5.74, 6) is -0.172. The maximum Gasteiger partial charge on any atom is 1.00 e. The van der Waals surface area contributed by atoms with Gasteiger partial charge in [0, 0.05) is 6.92 Å². The second-order valence-electron chi connectivity index (χ2n) is 4.90. The fourth-order valence-electron chi connectivity index (χ4n) is 1.89. The van der Waals surface area contributed by atoms with Crippen LogP contribution in [0.25, 0.3) is 0 Å². The van der Waals surface area contributed by atoms with Gasteiger partial charge in [-0.2, -0.15) is 5.11 Å². The summed E-state index contributed by atoms with van der Waals surface area (Å²) in [7, 11) is -4.49. The van der Waals surface area contributed by atoms with E-state index in [2.05, 4.69) is 10.2 Å². The van der Waals surface area contributed by atoms with E-state index in [1.165, 1.54) is 19.1 Å². The topological polar surface area (TPSA) is 108 Å². The minimum Gasteiger partial charge on any atom is -0.744 e. The molecule has 0 saturated carbocycles. The molecule has 0 heterocycles. The van der Waals surface area contributed by atoms with Crippen LogP contribution in [0.1, 0.15) is 19.4 Å². The molecule has 0 aliphatic heterocycles. The van der Waals surface area contributed by atoms with Gasteiger partial charge in [0.25, 0.3) is 0 Å². The zero-order valence-electron chi connectivity index (χ0n) is 14.1.